The zero-order valence-electron chi connectivity index (χ0n) is 16.6. The number of aliphatic hydroxyl groups is 1. The number of aliphatic hydroxyl groups excluding tert-OH is 1. The number of carbonyl (C=O) groups is 2. The molecule has 0 bridgehead atoms. The van der Waals surface area contributed by atoms with Crippen molar-refractivity contribution in [2.45, 2.75) is 13.0 Å². The van der Waals surface area contributed by atoms with Gasteiger partial charge >= 0.3 is 0 Å². The van der Waals surface area contributed by atoms with Crippen molar-refractivity contribution >= 4 is 39.9 Å². The molecule has 0 saturated carbocycles. The first-order chi connectivity index (χ1) is 15.3. The Hall–Kier alpha value is -3.84. The molecule has 2 aromatic heterocycles. The summed E-state index contributed by atoms with van der Waals surface area (Å²) in [6.45, 7) is 1.71. The van der Waals surface area contributed by atoms with E-state index < -0.39 is 29.3 Å². The largest absolute Gasteiger partial charge is 0.503 e. The van der Waals surface area contributed by atoms with Crippen LogP contribution in [-0.4, -0.2) is 16.8 Å². The van der Waals surface area contributed by atoms with E-state index in [1.54, 1.807) is 37.3 Å². The maximum atomic E-state index is 13.9. The molecule has 0 radical (unpaired) electrons. The van der Waals surface area contributed by atoms with Crippen LogP contribution in [-0.2, 0) is 4.79 Å². The predicted molar refractivity (Wildman–Crippen MR) is 115 cm³/mol. The average molecular weight is 452 g/mol. The highest BCUT2D eigenvalue weighted by Gasteiger charge is 2.47. The number of ketones is 1. The van der Waals surface area contributed by atoms with Crippen LogP contribution in [0.15, 0.2) is 80.8 Å². The number of fused-ring (bicyclic) bond motifs is 1. The van der Waals surface area contributed by atoms with Crippen LogP contribution in [0.2, 0.25) is 5.02 Å². The molecule has 1 aliphatic rings. The molecule has 0 spiro atoms. The molecule has 1 amide bonds. The second kappa shape index (κ2) is 7.39. The van der Waals surface area contributed by atoms with E-state index in [-0.39, 0.29) is 22.8 Å². The van der Waals surface area contributed by atoms with Crippen LogP contribution in [0.3, 0.4) is 0 Å². The van der Waals surface area contributed by atoms with Gasteiger partial charge in [-0.05, 0) is 61.5 Å². The van der Waals surface area contributed by atoms with E-state index in [0.717, 1.165) is 11.0 Å². The van der Waals surface area contributed by atoms with Gasteiger partial charge in [0.1, 0.15) is 29.0 Å². The molecule has 6 nitrogen and oxygen atoms in total. The normalized spacial score (nSPS) is 16.4. The lowest BCUT2D eigenvalue weighted by Crippen LogP contribution is -2.30. The molecule has 0 saturated heterocycles. The van der Waals surface area contributed by atoms with Crippen molar-refractivity contribution in [3.05, 3.63) is 100 Å². The number of carbonyl (C=O) groups excluding carboxylic acids is 2. The quantitative estimate of drug-likeness (QED) is 0.390. The molecule has 1 unspecified atom stereocenters. The van der Waals surface area contributed by atoms with Crippen LogP contribution in [0.5, 0.6) is 0 Å². The molecule has 3 heterocycles. The van der Waals surface area contributed by atoms with Crippen LogP contribution < -0.4 is 4.90 Å². The summed E-state index contributed by atoms with van der Waals surface area (Å²) in [5.74, 6) is -2.16. The third-order valence-corrected chi connectivity index (χ3v) is 5.51. The standard InChI is InChI=1S/C24H15ClFNO5/c1-12-5-7-18(31-12)21-20(22(28)19-10-13-9-14(25)6-8-17(13)32-19)23(29)24(30)27(21)16-4-2-3-15(26)11-16/h2-11,21,29H,1H3. The lowest BCUT2D eigenvalue weighted by atomic mass is 9.99. The maximum absolute atomic E-state index is 13.9. The van der Waals surface area contributed by atoms with E-state index in [1.807, 2.05) is 0 Å². The van der Waals surface area contributed by atoms with Gasteiger partial charge in [0.15, 0.2) is 11.5 Å². The van der Waals surface area contributed by atoms with Gasteiger partial charge in [-0.15, -0.1) is 0 Å². The summed E-state index contributed by atoms with van der Waals surface area (Å²) >= 11 is 6.01. The fourth-order valence-electron chi connectivity index (χ4n) is 3.86. The molecule has 1 N–H and O–H groups in total. The van der Waals surface area contributed by atoms with Gasteiger partial charge < -0.3 is 13.9 Å². The van der Waals surface area contributed by atoms with Crippen LogP contribution in [0.25, 0.3) is 11.0 Å². The topological polar surface area (TPSA) is 83.9 Å². The van der Waals surface area contributed by atoms with Crippen molar-refractivity contribution < 1.29 is 27.9 Å². The minimum Gasteiger partial charge on any atom is -0.503 e. The van der Waals surface area contributed by atoms with Crippen molar-refractivity contribution in [2.24, 2.45) is 0 Å². The Bertz CT molecular complexity index is 1430. The van der Waals surface area contributed by atoms with E-state index in [1.165, 1.54) is 24.3 Å². The molecule has 0 fully saturated rings. The lowest BCUT2D eigenvalue weighted by Gasteiger charge is -2.24. The van der Waals surface area contributed by atoms with Gasteiger partial charge in [-0.1, -0.05) is 17.7 Å². The third kappa shape index (κ3) is 3.18. The molecular formula is C24H15ClFNO5. The maximum Gasteiger partial charge on any atom is 0.294 e. The Morgan fingerprint density at radius 2 is 1.91 bits per heavy atom. The molecule has 5 rings (SSSR count). The van der Waals surface area contributed by atoms with Crippen molar-refractivity contribution in [1.82, 2.24) is 0 Å². The van der Waals surface area contributed by atoms with Crippen molar-refractivity contribution in [3.8, 4) is 0 Å². The Balaban J connectivity index is 1.66. The Morgan fingerprint density at radius 3 is 2.62 bits per heavy atom. The molecule has 0 aliphatic carbocycles. The smallest absolute Gasteiger partial charge is 0.294 e. The first-order valence-electron chi connectivity index (χ1n) is 9.66. The van der Waals surface area contributed by atoms with Crippen LogP contribution in [0.1, 0.15) is 28.1 Å². The van der Waals surface area contributed by atoms with Crippen LogP contribution in [0.4, 0.5) is 10.1 Å². The summed E-state index contributed by atoms with van der Waals surface area (Å²) < 4.78 is 25.3. The van der Waals surface area contributed by atoms with E-state index in [4.69, 9.17) is 20.4 Å². The van der Waals surface area contributed by atoms with Gasteiger partial charge in [-0.2, -0.15) is 0 Å². The van der Waals surface area contributed by atoms with E-state index >= 15 is 0 Å². The summed E-state index contributed by atoms with van der Waals surface area (Å²) in [5, 5.41) is 11.8. The molecular weight excluding hydrogens is 437 g/mol. The third-order valence-electron chi connectivity index (χ3n) is 5.27. The number of furan rings is 2. The summed E-state index contributed by atoms with van der Waals surface area (Å²) in [4.78, 5) is 27.6. The van der Waals surface area contributed by atoms with Crippen molar-refractivity contribution in [2.75, 3.05) is 4.90 Å². The predicted octanol–water partition coefficient (Wildman–Crippen LogP) is 5.91. The van der Waals surface area contributed by atoms with Gasteiger partial charge in [-0.3, -0.25) is 14.5 Å². The average Bonchev–Trinajstić information content (AvgIpc) is 3.44. The Morgan fingerprint density at radius 1 is 1.09 bits per heavy atom. The van der Waals surface area contributed by atoms with Gasteiger partial charge in [0.2, 0.25) is 5.78 Å². The first kappa shape index (κ1) is 20.1. The number of hydrogen-bond donors (Lipinski definition) is 1. The Labute approximate surface area is 186 Å². The molecule has 8 heteroatoms. The number of aryl methyl sites for hydroxylation is 1. The second-order valence-electron chi connectivity index (χ2n) is 7.39. The fraction of sp³-hybridized carbons (Fsp3) is 0.0833. The molecule has 2 aromatic carbocycles. The van der Waals surface area contributed by atoms with Gasteiger partial charge in [-0.25, -0.2) is 4.39 Å². The minimum atomic E-state index is -1.11. The monoisotopic (exact) mass is 451 g/mol. The fourth-order valence-corrected chi connectivity index (χ4v) is 4.04. The van der Waals surface area contributed by atoms with E-state index in [2.05, 4.69) is 0 Å². The number of benzene rings is 2. The number of amides is 1. The molecule has 4 aromatic rings. The highest BCUT2D eigenvalue weighted by Crippen LogP contribution is 2.43. The number of anilines is 1. The van der Waals surface area contributed by atoms with Gasteiger partial charge in [0.25, 0.3) is 5.91 Å². The number of halogens is 2. The molecule has 1 aliphatic heterocycles. The van der Waals surface area contributed by atoms with Crippen molar-refractivity contribution in [1.29, 1.82) is 0 Å². The van der Waals surface area contributed by atoms with E-state index in [0.29, 0.717) is 21.8 Å². The van der Waals surface area contributed by atoms with Crippen molar-refractivity contribution in [3.63, 3.8) is 0 Å². The second-order valence-corrected chi connectivity index (χ2v) is 7.83. The number of hydrogen-bond acceptors (Lipinski definition) is 5. The zero-order chi connectivity index (χ0) is 22.6. The summed E-state index contributed by atoms with van der Waals surface area (Å²) in [6.07, 6.45) is 0. The minimum absolute atomic E-state index is 0.0778. The Kier molecular flexibility index (Phi) is 4.64. The van der Waals surface area contributed by atoms with E-state index in [9.17, 15) is 19.1 Å². The number of rotatable bonds is 4. The summed E-state index contributed by atoms with van der Waals surface area (Å²) in [7, 11) is 0. The highest BCUT2D eigenvalue weighted by atomic mass is 35.5. The highest BCUT2D eigenvalue weighted by molar-refractivity contribution is 6.31. The van der Waals surface area contributed by atoms with Gasteiger partial charge in [0, 0.05) is 16.1 Å². The van der Waals surface area contributed by atoms with Crippen LogP contribution in [0, 0.1) is 12.7 Å². The van der Waals surface area contributed by atoms with Crippen LogP contribution >= 0.6 is 11.6 Å². The lowest BCUT2D eigenvalue weighted by molar-refractivity contribution is -0.117. The SMILES string of the molecule is Cc1ccc(C2C(C(=O)c3cc4cc(Cl)ccc4o3)=C(O)C(=O)N2c2cccc(F)c2)o1. The van der Waals surface area contributed by atoms with Gasteiger partial charge in [0.05, 0.1) is 5.57 Å². The molecule has 32 heavy (non-hydrogen) atoms. The molecule has 1 atom stereocenters. The molecule has 160 valence electrons. The first-order valence-corrected chi connectivity index (χ1v) is 10.0. The summed E-state index contributed by atoms with van der Waals surface area (Å²) in [5.41, 5.74) is 0.369. The summed E-state index contributed by atoms with van der Waals surface area (Å²) in [6, 6.07) is 13.8. The number of Topliss-reactive ketones (excluding diaryl/α,β-unsaturated/α-hetero) is 1. The number of nitrogens with zero attached hydrogens (tertiary/aromatic N) is 1. The zero-order valence-corrected chi connectivity index (χ0v) is 17.4.